The summed E-state index contributed by atoms with van der Waals surface area (Å²) in [6, 6.07) is 11.9. The van der Waals surface area contributed by atoms with E-state index in [9.17, 15) is 18.0 Å². The summed E-state index contributed by atoms with van der Waals surface area (Å²) in [6.07, 6.45) is -2.48. The number of benzene rings is 2. The van der Waals surface area contributed by atoms with E-state index in [1.54, 1.807) is 6.07 Å². The zero-order valence-electron chi connectivity index (χ0n) is 16.7. The molecule has 0 saturated carbocycles. The lowest BCUT2D eigenvalue weighted by atomic mass is 10.0. The number of hydrogen-bond donors (Lipinski definition) is 2. The number of amides is 1. The van der Waals surface area contributed by atoms with Crippen LogP contribution in [0.2, 0.25) is 0 Å². The summed E-state index contributed by atoms with van der Waals surface area (Å²) in [5, 5.41) is 0. The van der Waals surface area contributed by atoms with Gasteiger partial charge in [0, 0.05) is 11.1 Å². The first-order valence-electron chi connectivity index (χ1n) is 9.03. The lowest BCUT2D eigenvalue weighted by molar-refractivity contribution is -0.123. The van der Waals surface area contributed by atoms with Crippen molar-refractivity contribution < 1.29 is 31.0 Å². The first kappa shape index (κ1) is 14.8. The summed E-state index contributed by atoms with van der Waals surface area (Å²) in [6.45, 7) is 0. The molecule has 9 heteroatoms. The van der Waals surface area contributed by atoms with Crippen LogP contribution in [0, 0.1) is 0 Å². The van der Waals surface area contributed by atoms with E-state index in [2.05, 4.69) is 0 Å². The van der Waals surface area contributed by atoms with Crippen LogP contribution in [0.4, 0.5) is 0 Å². The van der Waals surface area contributed by atoms with Crippen LogP contribution in [0.5, 0.6) is 0 Å². The number of nitrogens with two attached hydrogens (primary N) is 2. The maximum absolute atomic E-state index is 12.7. The molecule has 140 valence electrons. The summed E-state index contributed by atoms with van der Waals surface area (Å²) in [7, 11) is -5.06. The zero-order valence-corrected chi connectivity index (χ0v) is 14.5. The maximum atomic E-state index is 12.7. The number of ketones is 1. The van der Waals surface area contributed by atoms with Gasteiger partial charge in [0.25, 0.3) is 0 Å². The molecule has 1 atom stereocenters. The minimum Gasteiger partial charge on any atom is -0.460 e. The van der Waals surface area contributed by atoms with Crippen LogP contribution in [0.3, 0.4) is 0 Å². The third-order valence-electron chi connectivity index (χ3n) is 3.49. The van der Waals surface area contributed by atoms with Gasteiger partial charge in [-0.05, 0) is 17.7 Å². The fourth-order valence-corrected chi connectivity index (χ4v) is 3.10. The first-order valence-corrected chi connectivity index (χ1v) is 8.94. The van der Waals surface area contributed by atoms with E-state index >= 15 is 0 Å². The van der Waals surface area contributed by atoms with Crippen molar-refractivity contribution in [2.24, 2.45) is 11.5 Å². The molecule has 3 rings (SSSR count). The highest BCUT2D eigenvalue weighted by molar-refractivity contribution is 7.86. The van der Waals surface area contributed by atoms with Crippen molar-refractivity contribution in [3.63, 3.8) is 0 Å². The Kier molecular flexibility index (Phi) is 3.90. The second-order valence-corrected chi connectivity index (χ2v) is 6.68. The smallest absolute Gasteiger partial charge is 0.313 e. The number of ether oxygens (including phenoxy) is 1. The van der Waals surface area contributed by atoms with Crippen LogP contribution in [0.15, 0.2) is 66.2 Å². The highest BCUT2D eigenvalue weighted by Crippen LogP contribution is 2.32. The Hall–Kier alpha value is -3.33. The van der Waals surface area contributed by atoms with Crippen molar-refractivity contribution >= 4 is 21.8 Å². The summed E-state index contributed by atoms with van der Waals surface area (Å²) < 4.78 is 59.1. The number of carbonyl (C=O) groups is 2. The van der Waals surface area contributed by atoms with E-state index in [0.717, 1.165) is 0 Å². The van der Waals surface area contributed by atoms with E-state index in [-0.39, 0.29) is 16.7 Å². The van der Waals surface area contributed by atoms with Crippen molar-refractivity contribution in [1.82, 2.24) is 0 Å². The van der Waals surface area contributed by atoms with Crippen LogP contribution in [0.25, 0.3) is 0 Å². The van der Waals surface area contributed by atoms with Crippen molar-refractivity contribution in [2.75, 3.05) is 0 Å². The predicted molar refractivity (Wildman–Crippen MR) is 95.2 cm³/mol. The minimum atomic E-state index is -5.06. The molecule has 2 aromatic rings. The van der Waals surface area contributed by atoms with Gasteiger partial charge in [-0.2, -0.15) is 8.42 Å². The molecule has 0 aromatic heterocycles. The molecule has 1 aliphatic rings. The van der Waals surface area contributed by atoms with Crippen molar-refractivity contribution in [1.29, 1.82) is 0 Å². The third kappa shape index (κ3) is 4.09. The average Bonchev–Trinajstić information content (AvgIpc) is 2.92. The van der Waals surface area contributed by atoms with Crippen molar-refractivity contribution in [3.05, 3.63) is 82.9 Å². The van der Waals surface area contributed by atoms with E-state index < -0.39 is 45.2 Å². The summed E-state index contributed by atoms with van der Waals surface area (Å²) >= 11 is 0. The first-order chi connectivity index (χ1) is 13.9. The average molecular weight is 391 g/mol. The molecule has 0 bridgehead atoms. The second-order valence-electron chi connectivity index (χ2n) is 5.40. The summed E-state index contributed by atoms with van der Waals surface area (Å²) in [5.41, 5.74) is 7.53. The van der Waals surface area contributed by atoms with Gasteiger partial charge in [0.2, 0.25) is 23.3 Å². The number of rotatable bonds is 6. The molecule has 4 N–H and O–H groups in total. The van der Waals surface area contributed by atoms with E-state index in [4.69, 9.17) is 24.5 Å². The topological polar surface area (TPSA) is 139 Å². The van der Waals surface area contributed by atoms with Gasteiger partial charge in [0.1, 0.15) is 5.70 Å². The molecule has 0 saturated heterocycles. The number of Topliss-reactive ketones (excluding diaryl/α,β-unsaturated/α-hetero) is 1. The highest BCUT2D eigenvalue weighted by atomic mass is 32.2. The molecule has 2 aromatic carbocycles. The molecule has 0 aliphatic carbocycles. The monoisotopic (exact) mass is 391 g/mol. The van der Waals surface area contributed by atoms with E-state index in [0.29, 0.717) is 0 Å². The van der Waals surface area contributed by atoms with Crippen LogP contribution in [-0.2, 0) is 29.5 Å². The molecule has 0 unspecified atom stereocenters. The van der Waals surface area contributed by atoms with Crippen LogP contribution in [0.1, 0.15) is 31.7 Å². The quantitative estimate of drug-likeness (QED) is 0.703. The van der Waals surface area contributed by atoms with Gasteiger partial charge in [0.15, 0.2) is 6.08 Å². The summed E-state index contributed by atoms with van der Waals surface area (Å²) in [5.74, 6) is -3.78. The predicted octanol–water partition coefficient (Wildman–Crippen LogP) is 1.10. The lowest BCUT2D eigenvalue weighted by Gasteiger charge is -2.10. The van der Waals surface area contributed by atoms with Crippen molar-refractivity contribution in [2.45, 2.75) is 11.8 Å². The van der Waals surface area contributed by atoms with E-state index in [1.165, 1.54) is 48.5 Å². The molecule has 0 fully saturated rings. The Balaban J connectivity index is 1.91. The third-order valence-corrected chi connectivity index (χ3v) is 4.36. The fraction of sp³-hybridized carbons (Fsp3) is 0.111. The SMILES string of the molecule is [2H]C([2H])(c1ccccc1)S(=O)(=O)OC1=C(N)O[C@@]([2H])(c2ccc(C(N)=O)cc2)C1=O. The molecule has 0 spiro atoms. The Bertz CT molecular complexity index is 1150. The van der Waals surface area contributed by atoms with Crippen LogP contribution in [-0.4, -0.2) is 20.1 Å². The minimum absolute atomic E-state index is 0.0671. The molecule has 1 aliphatic heterocycles. The maximum Gasteiger partial charge on any atom is 0.313 e. The van der Waals surface area contributed by atoms with Gasteiger partial charge >= 0.3 is 10.1 Å². The Labute approximate surface area is 159 Å². The molecule has 27 heavy (non-hydrogen) atoms. The molecule has 1 amide bonds. The van der Waals surface area contributed by atoms with E-state index in [1.807, 2.05) is 0 Å². The Morgan fingerprint density at radius 2 is 1.81 bits per heavy atom. The van der Waals surface area contributed by atoms with Gasteiger partial charge < -0.3 is 20.4 Å². The Morgan fingerprint density at radius 3 is 2.41 bits per heavy atom. The Morgan fingerprint density at radius 1 is 1.19 bits per heavy atom. The van der Waals surface area contributed by atoms with Gasteiger partial charge in [0.05, 0.1) is 4.11 Å². The number of primary amides is 1. The highest BCUT2D eigenvalue weighted by Gasteiger charge is 2.39. The second kappa shape index (κ2) is 7.12. The van der Waals surface area contributed by atoms with Crippen molar-refractivity contribution in [3.8, 4) is 0 Å². The molecular formula is C18H16N2O6S. The molecule has 1 heterocycles. The molecule has 8 nitrogen and oxygen atoms in total. The molecule has 0 radical (unpaired) electrons. The van der Waals surface area contributed by atoms with Crippen LogP contribution < -0.4 is 11.5 Å². The standard InChI is InChI=1S/C18H16N2O6S/c19-17(22)13-8-6-12(7-9-13)15-14(21)16(18(20)25-15)26-27(23,24)10-11-4-2-1-3-5-11/h1-9,15H,10,20H2,(H2,19,22)/t15-/m0/s1/i10D2,15D. The summed E-state index contributed by atoms with van der Waals surface area (Å²) in [4.78, 5) is 23.9. The lowest BCUT2D eigenvalue weighted by Crippen LogP contribution is -2.16. The van der Waals surface area contributed by atoms with Gasteiger partial charge in [-0.1, -0.05) is 42.5 Å². The zero-order chi connectivity index (χ0) is 22.3. The van der Waals surface area contributed by atoms with Gasteiger partial charge in [-0.3, -0.25) is 9.59 Å². The number of hydrogen-bond acceptors (Lipinski definition) is 7. The van der Waals surface area contributed by atoms with Gasteiger partial charge in [-0.15, -0.1) is 0 Å². The van der Waals surface area contributed by atoms with Gasteiger partial charge in [-0.25, -0.2) is 0 Å². The van der Waals surface area contributed by atoms with Crippen LogP contribution >= 0.6 is 0 Å². The number of carbonyl (C=O) groups excluding carboxylic acids is 2. The molecular weight excluding hydrogens is 372 g/mol. The normalized spacial score (nSPS) is 21.8. The fourth-order valence-electron chi connectivity index (χ4n) is 2.25. The largest absolute Gasteiger partial charge is 0.460 e.